The van der Waals surface area contributed by atoms with Crippen molar-refractivity contribution in [3.63, 3.8) is 0 Å². The zero-order valence-electron chi connectivity index (χ0n) is 19.0. The number of hydrogen-bond donors (Lipinski definition) is 0. The topological polar surface area (TPSA) is 83.7 Å². The highest BCUT2D eigenvalue weighted by Crippen LogP contribution is 2.31. The number of hydrogen-bond acceptors (Lipinski definition) is 5. The summed E-state index contributed by atoms with van der Waals surface area (Å²) in [5, 5.41) is 0. The Morgan fingerprint density at radius 3 is 2.37 bits per heavy atom. The second-order valence-electron chi connectivity index (χ2n) is 9.03. The van der Waals surface area contributed by atoms with E-state index < -0.39 is 0 Å². The number of carbonyl (C=O) groups excluding carboxylic acids is 3. The van der Waals surface area contributed by atoms with Gasteiger partial charge in [0, 0.05) is 24.6 Å². The van der Waals surface area contributed by atoms with Crippen LogP contribution in [0.1, 0.15) is 61.3 Å². The van der Waals surface area contributed by atoms with Gasteiger partial charge in [0.2, 0.25) is 0 Å². The molecule has 1 fully saturated rings. The summed E-state index contributed by atoms with van der Waals surface area (Å²) >= 11 is 0. The number of fused-ring (bicyclic) bond motifs is 2. The minimum Gasteiger partial charge on any atom is -0.440 e. The molecule has 0 N–H and O–H groups in total. The van der Waals surface area contributed by atoms with Crippen molar-refractivity contribution in [3.8, 4) is 0 Å². The Hall–Kier alpha value is -4.26. The molecule has 0 radical (unpaired) electrons. The van der Waals surface area contributed by atoms with Crippen LogP contribution >= 0.6 is 0 Å². The third-order valence-electron chi connectivity index (χ3n) is 6.84. The van der Waals surface area contributed by atoms with Crippen LogP contribution in [0.4, 0.5) is 0 Å². The van der Waals surface area contributed by atoms with E-state index in [9.17, 15) is 14.4 Å². The summed E-state index contributed by atoms with van der Waals surface area (Å²) in [5.74, 6) is 0.0615. The van der Waals surface area contributed by atoms with Crippen molar-refractivity contribution in [3.05, 3.63) is 101 Å². The van der Waals surface area contributed by atoms with Crippen LogP contribution in [0.15, 0.2) is 77.2 Å². The van der Waals surface area contributed by atoms with Gasteiger partial charge in [-0.3, -0.25) is 19.3 Å². The lowest BCUT2D eigenvalue weighted by molar-refractivity contribution is 0.0641. The molecule has 35 heavy (non-hydrogen) atoms. The molecule has 7 heteroatoms. The maximum atomic E-state index is 13.2. The normalized spacial score (nSPS) is 16.2. The number of imide groups is 1. The number of carbonyl (C=O) groups is 3. The Morgan fingerprint density at radius 2 is 1.60 bits per heavy atom. The van der Waals surface area contributed by atoms with Gasteiger partial charge in [-0.15, -0.1) is 0 Å². The fourth-order valence-corrected chi connectivity index (χ4v) is 4.91. The molecule has 0 atom stereocenters. The molecule has 1 aromatic heterocycles. The molecule has 0 saturated carbocycles. The molecule has 4 aromatic rings. The molecule has 0 bridgehead atoms. The minimum atomic E-state index is -0.363. The first-order valence-electron chi connectivity index (χ1n) is 11.8. The van der Waals surface area contributed by atoms with E-state index in [1.807, 2.05) is 54.6 Å². The summed E-state index contributed by atoms with van der Waals surface area (Å²) in [6.45, 7) is 1.36. The van der Waals surface area contributed by atoms with E-state index in [0.29, 0.717) is 24.2 Å². The third kappa shape index (κ3) is 3.79. The van der Waals surface area contributed by atoms with Crippen molar-refractivity contribution in [2.45, 2.75) is 25.3 Å². The highest BCUT2D eigenvalue weighted by molar-refractivity contribution is 6.22. The highest BCUT2D eigenvalue weighted by atomic mass is 16.3. The Balaban J connectivity index is 1.15. The Bertz CT molecular complexity index is 1420. The van der Waals surface area contributed by atoms with E-state index in [2.05, 4.69) is 4.98 Å². The van der Waals surface area contributed by atoms with Crippen LogP contribution in [0.5, 0.6) is 0 Å². The summed E-state index contributed by atoms with van der Waals surface area (Å²) in [7, 11) is 0. The molecule has 2 aliphatic heterocycles. The van der Waals surface area contributed by atoms with Gasteiger partial charge in [-0.2, -0.15) is 0 Å². The second-order valence-corrected chi connectivity index (χ2v) is 9.03. The van der Waals surface area contributed by atoms with Gasteiger partial charge in [0.15, 0.2) is 11.5 Å². The Kier molecular flexibility index (Phi) is 5.17. The number of para-hydroxylation sites is 2. The average Bonchev–Trinajstić information content (AvgIpc) is 3.44. The molecule has 3 heterocycles. The van der Waals surface area contributed by atoms with Crippen LogP contribution in [-0.2, 0) is 6.54 Å². The molecule has 2 aliphatic rings. The van der Waals surface area contributed by atoms with Crippen molar-refractivity contribution >= 4 is 28.8 Å². The Labute approximate surface area is 202 Å². The van der Waals surface area contributed by atoms with Gasteiger partial charge in [-0.25, -0.2) is 4.98 Å². The summed E-state index contributed by atoms with van der Waals surface area (Å²) < 4.78 is 5.92. The van der Waals surface area contributed by atoms with Gasteiger partial charge in [0.25, 0.3) is 17.7 Å². The molecule has 0 aliphatic carbocycles. The second kappa shape index (κ2) is 8.51. The van der Waals surface area contributed by atoms with E-state index in [-0.39, 0.29) is 35.7 Å². The van der Waals surface area contributed by atoms with Crippen LogP contribution in [0.25, 0.3) is 11.1 Å². The first kappa shape index (κ1) is 21.3. The zero-order chi connectivity index (χ0) is 23.9. The van der Waals surface area contributed by atoms with Crippen molar-refractivity contribution in [2.24, 2.45) is 0 Å². The van der Waals surface area contributed by atoms with E-state index in [1.165, 1.54) is 4.90 Å². The van der Waals surface area contributed by atoms with E-state index in [4.69, 9.17) is 4.42 Å². The largest absolute Gasteiger partial charge is 0.440 e. The van der Waals surface area contributed by atoms with Crippen LogP contribution in [0.2, 0.25) is 0 Å². The summed E-state index contributed by atoms with van der Waals surface area (Å²) in [5.41, 5.74) is 3.56. The fourth-order valence-electron chi connectivity index (χ4n) is 4.91. The summed E-state index contributed by atoms with van der Waals surface area (Å²) in [6, 6.07) is 21.9. The van der Waals surface area contributed by atoms with E-state index in [0.717, 1.165) is 35.4 Å². The van der Waals surface area contributed by atoms with Gasteiger partial charge >= 0.3 is 0 Å². The lowest BCUT2D eigenvalue weighted by Gasteiger charge is -2.30. The van der Waals surface area contributed by atoms with Crippen LogP contribution in [-0.4, -0.2) is 45.6 Å². The van der Waals surface area contributed by atoms with Crippen molar-refractivity contribution in [1.29, 1.82) is 0 Å². The van der Waals surface area contributed by atoms with Crippen molar-refractivity contribution < 1.29 is 18.8 Å². The number of oxazole rings is 1. The molecule has 6 rings (SSSR count). The quantitative estimate of drug-likeness (QED) is 0.410. The predicted molar refractivity (Wildman–Crippen MR) is 129 cm³/mol. The van der Waals surface area contributed by atoms with Gasteiger partial charge in [-0.1, -0.05) is 42.5 Å². The lowest BCUT2D eigenvalue weighted by Crippen LogP contribution is -2.38. The third-order valence-corrected chi connectivity index (χ3v) is 6.84. The monoisotopic (exact) mass is 465 g/mol. The SMILES string of the molecule is O=C(c1ccc2c(c1)C(=O)N(Cc1ccccc1)C2=O)N1CCC(c2nc3ccccc3o2)CC1. The molecule has 0 spiro atoms. The molecule has 1 saturated heterocycles. The molecule has 7 nitrogen and oxygen atoms in total. The number of rotatable bonds is 4. The number of amides is 3. The first-order chi connectivity index (χ1) is 17.1. The standard InChI is InChI=1S/C28H23N3O4/c32-26(30-14-12-19(13-15-30)25-29-23-8-4-5-9-24(23)35-25)20-10-11-21-22(16-20)28(34)31(27(21)33)17-18-6-2-1-3-7-18/h1-11,16,19H,12-15,17H2. The number of aromatic nitrogens is 1. The summed E-state index contributed by atoms with van der Waals surface area (Å²) in [4.78, 5) is 46.7. The summed E-state index contributed by atoms with van der Waals surface area (Å²) in [6.07, 6.45) is 1.51. The predicted octanol–water partition coefficient (Wildman–Crippen LogP) is 4.64. The van der Waals surface area contributed by atoms with Crippen molar-refractivity contribution in [1.82, 2.24) is 14.8 Å². The molecule has 3 aromatic carbocycles. The highest BCUT2D eigenvalue weighted by Gasteiger charge is 2.36. The van der Waals surface area contributed by atoms with E-state index >= 15 is 0 Å². The van der Waals surface area contributed by atoms with Gasteiger partial charge in [0.05, 0.1) is 17.7 Å². The molecule has 174 valence electrons. The molecule has 0 unspecified atom stereocenters. The number of benzene rings is 3. The van der Waals surface area contributed by atoms with E-state index in [1.54, 1.807) is 23.1 Å². The minimum absolute atomic E-state index is 0.134. The van der Waals surface area contributed by atoms with Crippen LogP contribution < -0.4 is 0 Å². The number of likely N-dealkylation sites (tertiary alicyclic amines) is 1. The van der Waals surface area contributed by atoms with Gasteiger partial charge < -0.3 is 9.32 Å². The lowest BCUT2D eigenvalue weighted by atomic mass is 9.96. The molecular weight excluding hydrogens is 442 g/mol. The Morgan fingerprint density at radius 1 is 0.886 bits per heavy atom. The molecule has 3 amide bonds. The average molecular weight is 466 g/mol. The van der Waals surface area contributed by atoms with Crippen molar-refractivity contribution in [2.75, 3.05) is 13.1 Å². The maximum absolute atomic E-state index is 13.2. The van der Waals surface area contributed by atoms with Gasteiger partial charge in [-0.05, 0) is 48.7 Å². The van der Waals surface area contributed by atoms with Gasteiger partial charge in [0.1, 0.15) is 5.52 Å². The fraction of sp³-hybridized carbons (Fsp3) is 0.214. The number of nitrogens with zero attached hydrogens (tertiary/aromatic N) is 3. The first-order valence-corrected chi connectivity index (χ1v) is 11.8. The van der Waals surface area contributed by atoms with Crippen LogP contribution in [0.3, 0.4) is 0 Å². The smallest absolute Gasteiger partial charge is 0.261 e. The maximum Gasteiger partial charge on any atom is 0.261 e. The van der Waals surface area contributed by atoms with Crippen LogP contribution in [0, 0.1) is 0 Å². The zero-order valence-corrected chi connectivity index (χ0v) is 19.0. The number of piperidine rings is 1. The molecular formula is C28H23N3O4.